The van der Waals surface area contributed by atoms with Gasteiger partial charge in [-0.1, -0.05) is 65.8 Å². The van der Waals surface area contributed by atoms with Crippen LogP contribution >= 0.6 is 11.3 Å². The third-order valence-corrected chi connectivity index (χ3v) is 9.72. The van der Waals surface area contributed by atoms with E-state index in [1.165, 1.54) is 15.7 Å². The van der Waals surface area contributed by atoms with Crippen LogP contribution in [-0.4, -0.2) is 50.6 Å². The fourth-order valence-corrected chi connectivity index (χ4v) is 6.14. The largest absolute Gasteiger partial charge is 0.457 e. The predicted octanol–water partition coefficient (Wildman–Crippen LogP) is 4.97. The van der Waals surface area contributed by atoms with Crippen LogP contribution in [0.1, 0.15) is 83.9 Å². The molecule has 10 heteroatoms. The second-order valence-electron chi connectivity index (χ2n) is 12.9. The number of amides is 2. The molecule has 2 aromatic heterocycles. The second kappa shape index (κ2) is 12.6. The maximum Gasteiger partial charge on any atom is 0.412 e. The number of nitrogens with one attached hydrogen (secondary N) is 1. The van der Waals surface area contributed by atoms with Crippen LogP contribution in [0.15, 0.2) is 40.4 Å². The molecule has 4 rings (SSSR count). The van der Waals surface area contributed by atoms with Gasteiger partial charge in [-0.05, 0) is 36.8 Å². The third-order valence-electron chi connectivity index (χ3n) is 8.74. The number of carbonyl (C=O) groups excluding carboxylic acids is 2. The van der Waals surface area contributed by atoms with Crippen LogP contribution in [-0.2, 0) is 16.1 Å². The van der Waals surface area contributed by atoms with Crippen molar-refractivity contribution in [3.63, 3.8) is 0 Å². The minimum atomic E-state index is -0.814. The van der Waals surface area contributed by atoms with Crippen molar-refractivity contribution in [2.75, 3.05) is 6.54 Å². The van der Waals surface area contributed by atoms with Gasteiger partial charge in [-0.2, -0.15) is 0 Å². The summed E-state index contributed by atoms with van der Waals surface area (Å²) in [7, 11) is 0. The van der Waals surface area contributed by atoms with E-state index in [1.807, 2.05) is 57.5 Å². The predicted molar refractivity (Wildman–Crippen MR) is 162 cm³/mol. The van der Waals surface area contributed by atoms with E-state index >= 15 is 0 Å². The molecule has 9 nitrogen and oxygen atoms in total. The number of hydrogen-bond donors (Lipinski definition) is 3. The lowest BCUT2D eigenvalue weighted by Crippen LogP contribution is -2.48. The van der Waals surface area contributed by atoms with Crippen molar-refractivity contribution >= 4 is 23.2 Å². The zero-order valence-electron chi connectivity index (χ0n) is 25.9. The highest BCUT2D eigenvalue weighted by Crippen LogP contribution is 2.34. The number of aromatic nitrogens is 2. The molecular formula is C32H45N4O5S+. The average Bonchev–Trinajstić information content (AvgIpc) is 3.62. The Morgan fingerprint density at radius 3 is 2.43 bits per heavy atom. The Kier molecular flexibility index (Phi) is 9.47. The molecule has 1 aliphatic rings. The summed E-state index contributed by atoms with van der Waals surface area (Å²) >= 11 is 1.59. The van der Waals surface area contributed by atoms with Gasteiger partial charge in [0, 0.05) is 23.1 Å². The Hall–Kier alpha value is -3.24. The molecule has 3 N–H and O–H groups in total. The summed E-state index contributed by atoms with van der Waals surface area (Å²) in [5, 5.41) is 24.2. The molecule has 0 saturated carbocycles. The maximum absolute atomic E-state index is 14.0. The van der Waals surface area contributed by atoms with Crippen LogP contribution in [0, 0.1) is 24.2 Å². The highest BCUT2D eigenvalue weighted by Gasteiger charge is 2.45. The monoisotopic (exact) mass is 597 g/mol. The fourth-order valence-electron chi connectivity index (χ4n) is 5.33. The lowest BCUT2D eigenvalue weighted by atomic mass is 9.81. The number of benzene rings is 1. The van der Waals surface area contributed by atoms with Crippen molar-refractivity contribution in [2.45, 2.75) is 92.5 Å². The van der Waals surface area contributed by atoms with Gasteiger partial charge in [-0.15, -0.1) is 11.3 Å². The Bertz CT molecular complexity index is 1390. The molecule has 2 amide bonds. The number of aryl methyl sites for hydroxylation is 1. The number of likely N-dealkylation sites (tertiary alicyclic amines) is 1. The van der Waals surface area contributed by atoms with Gasteiger partial charge >= 0.3 is 5.88 Å². The molecule has 4 atom stereocenters. The first-order valence-corrected chi connectivity index (χ1v) is 15.6. The van der Waals surface area contributed by atoms with Crippen LogP contribution in [0.4, 0.5) is 0 Å². The van der Waals surface area contributed by atoms with Crippen LogP contribution < -0.4 is 10.1 Å². The van der Waals surface area contributed by atoms with E-state index in [2.05, 4.69) is 38.0 Å². The molecule has 1 aliphatic heterocycles. The normalized spacial score (nSPS) is 19.0. The summed E-state index contributed by atoms with van der Waals surface area (Å²) in [6.45, 7) is 16.6. The maximum atomic E-state index is 14.0. The zero-order chi connectivity index (χ0) is 30.9. The lowest BCUT2D eigenvalue weighted by molar-refractivity contribution is -0.875. The van der Waals surface area contributed by atoms with Gasteiger partial charge in [0.05, 0.1) is 28.2 Å². The summed E-state index contributed by atoms with van der Waals surface area (Å²) in [5.74, 6) is -0.865. The molecule has 228 valence electrons. The zero-order valence-corrected chi connectivity index (χ0v) is 26.7. The van der Waals surface area contributed by atoms with E-state index in [1.54, 1.807) is 11.3 Å². The van der Waals surface area contributed by atoms with Gasteiger partial charge in [0.1, 0.15) is 18.0 Å². The van der Waals surface area contributed by atoms with Crippen LogP contribution in [0.25, 0.3) is 10.4 Å². The van der Waals surface area contributed by atoms with Gasteiger partial charge in [0.15, 0.2) is 0 Å². The first kappa shape index (κ1) is 31.7. The van der Waals surface area contributed by atoms with Gasteiger partial charge < -0.3 is 20.4 Å². The van der Waals surface area contributed by atoms with Crippen LogP contribution in [0.5, 0.6) is 5.88 Å². The molecule has 3 heterocycles. The number of nitrogens with zero attached hydrogens (tertiary/aromatic N) is 3. The SMILES string of the molecule is Cc1ncsc1-c1ccc(C(C)NC(=O)C2CC(O)CN2C(=O)C(c2cc(O)[n+](CC(C)(C)C(C)C)o2)C(C)C)cc1. The quantitative estimate of drug-likeness (QED) is 0.284. The number of carbonyl (C=O) groups is 2. The molecule has 0 aliphatic carbocycles. The van der Waals surface area contributed by atoms with E-state index < -0.39 is 18.1 Å². The van der Waals surface area contributed by atoms with E-state index in [9.17, 15) is 19.8 Å². The van der Waals surface area contributed by atoms with E-state index in [0.29, 0.717) is 18.2 Å². The van der Waals surface area contributed by atoms with Gasteiger partial charge in [-0.25, -0.2) is 9.51 Å². The van der Waals surface area contributed by atoms with Crippen molar-refractivity contribution < 1.29 is 29.1 Å². The van der Waals surface area contributed by atoms with Crippen molar-refractivity contribution in [3.05, 3.63) is 52.9 Å². The molecule has 0 radical (unpaired) electrons. The van der Waals surface area contributed by atoms with Crippen molar-refractivity contribution in [1.82, 2.24) is 15.2 Å². The van der Waals surface area contributed by atoms with Gasteiger partial charge in [0.2, 0.25) is 24.1 Å². The minimum absolute atomic E-state index is 0.0433. The molecule has 1 saturated heterocycles. The highest BCUT2D eigenvalue weighted by molar-refractivity contribution is 7.13. The van der Waals surface area contributed by atoms with Crippen molar-refractivity contribution in [2.24, 2.45) is 17.3 Å². The molecule has 42 heavy (non-hydrogen) atoms. The highest BCUT2D eigenvalue weighted by atomic mass is 32.1. The van der Waals surface area contributed by atoms with Crippen LogP contribution in [0.3, 0.4) is 0 Å². The fraction of sp³-hybridized carbons (Fsp3) is 0.562. The van der Waals surface area contributed by atoms with Gasteiger partial charge in [0.25, 0.3) is 0 Å². The summed E-state index contributed by atoms with van der Waals surface area (Å²) < 4.78 is 7.48. The standard InChI is InChI=1S/C32H44N4O5S/c1-18(2)28(26-14-27(38)36(41-26)16-32(7,8)19(3)4)31(40)35-15-24(37)13-25(35)30(39)34-20(5)22-9-11-23(12-10-22)29-21(6)33-17-42-29/h9-12,14,17-20,24-25,28,37H,13,15-16H2,1-8H3,(H,34,39)/p+1. The number of β-amino-alcohol motifs (C(OH)–C–C–N with tert-alkyl or cyclic N) is 1. The third kappa shape index (κ3) is 6.70. The first-order chi connectivity index (χ1) is 19.7. The van der Waals surface area contributed by atoms with E-state index in [0.717, 1.165) is 21.7 Å². The molecule has 3 aromatic rings. The summed E-state index contributed by atoms with van der Waals surface area (Å²) in [6.07, 6.45) is -0.651. The second-order valence-corrected chi connectivity index (χ2v) is 13.8. The smallest absolute Gasteiger partial charge is 0.412 e. The Balaban J connectivity index is 1.50. The number of aliphatic hydroxyl groups excluding tert-OH is 1. The Labute approximate surface area is 252 Å². The minimum Gasteiger partial charge on any atom is -0.457 e. The van der Waals surface area contributed by atoms with Crippen molar-refractivity contribution in [3.8, 4) is 16.3 Å². The number of aromatic hydroxyl groups is 1. The number of aliphatic hydroxyl groups is 1. The van der Waals surface area contributed by atoms with E-state index in [-0.39, 0.29) is 48.0 Å². The summed E-state index contributed by atoms with van der Waals surface area (Å²) in [4.78, 5) is 34.4. The van der Waals surface area contributed by atoms with Crippen LogP contribution in [0.2, 0.25) is 0 Å². The molecule has 1 aromatic carbocycles. The van der Waals surface area contributed by atoms with E-state index in [4.69, 9.17) is 4.52 Å². The Morgan fingerprint density at radius 2 is 1.86 bits per heavy atom. The number of thiazole rings is 1. The first-order valence-electron chi connectivity index (χ1n) is 14.7. The molecule has 4 unspecified atom stereocenters. The summed E-state index contributed by atoms with van der Waals surface area (Å²) in [6, 6.07) is 8.41. The number of hydrogen-bond acceptors (Lipinski definition) is 7. The van der Waals surface area contributed by atoms with Crippen molar-refractivity contribution in [1.29, 1.82) is 0 Å². The number of rotatable bonds is 10. The average molecular weight is 598 g/mol. The molecule has 0 bridgehead atoms. The molecular weight excluding hydrogens is 552 g/mol. The topological polar surface area (TPSA) is 120 Å². The van der Waals surface area contributed by atoms with Gasteiger partial charge in [-0.3, -0.25) is 9.59 Å². The summed E-state index contributed by atoms with van der Waals surface area (Å²) in [5.41, 5.74) is 4.68. The molecule has 0 spiro atoms. The lowest BCUT2D eigenvalue weighted by Gasteiger charge is -2.29. The molecule has 1 fully saturated rings. The Morgan fingerprint density at radius 1 is 1.19 bits per heavy atom.